The predicted molar refractivity (Wildman–Crippen MR) is 99.9 cm³/mol. The second-order valence-corrected chi connectivity index (χ2v) is 8.73. The van der Waals surface area contributed by atoms with Gasteiger partial charge < -0.3 is 4.42 Å². The summed E-state index contributed by atoms with van der Waals surface area (Å²) in [5, 5.41) is 17.1. The van der Waals surface area contributed by atoms with Crippen molar-refractivity contribution in [3.8, 4) is 21.3 Å². The van der Waals surface area contributed by atoms with Crippen molar-refractivity contribution in [2.24, 2.45) is 0 Å². The van der Waals surface area contributed by atoms with Crippen LogP contribution in [0, 0.1) is 13.8 Å². The topological polar surface area (TPSA) is 64.7 Å². The maximum atomic E-state index is 5.75. The van der Waals surface area contributed by atoms with Crippen LogP contribution in [0.1, 0.15) is 16.4 Å². The molecule has 0 radical (unpaired) electrons. The van der Waals surface area contributed by atoms with Crippen LogP contribution in [-0.2, 0) is 5.75 Å². The van der Waals surface area contributed by atoms with E-state index in [1.807, 2.05) is 13.8 Å². The zero-order valence-electron chi connectivity index (χ0n) is 12.8. The summed E-state index contributed by atoms with van der Waals surface area (Å²) in [5.41, 5.74) is 3.13. The molecule has 0 fully saturated rings. The summed E-state index contributed by atoms with van der Waals surface area (Å²) in [7, 11) is 0. The van der Waals surface area contributed by atoms with Gasteiger partial charge in [0.2, 0.25) is 0 Å². The molecular formula is C15H12N4OS4. The van der Waals surface area contributed by atoms with E-state index in [2.05, 4.69) is 42.4 Å². The van der Waals surface area contributed by atoms with Crippen molar-refractivity contribution in [3.63, 3.8) is 0 Å². The van der Waals surface area contributed by atoms with Gasteiger partial charge in [0.05, 0.1) is 16.4 Å². The smallest absolute Gasteiger partial charge is 0.277 e. The Labute approximate surface area is 154 Å². The first-order valence-electron chi connectivity index (χ1n) is 7.07. The molecule has 0 aliphatic rings. The van der Waals surface area contributed by atoms with Crippen molar-refractivity contribution in [1.29, 1.82) is 0 Å². The van der Waals surface area contributed by atoms with Gasteiger partial charge in [-0.3, -0.25) is 0 Å². The van der Waals surface area contributed by atoms with Gasteiger partial charge >= 0.3 is 0 Å². The van der Waals surface area contributed by atoms with E-state index in [-0.39, 0.29) is 0 Å². The van der Waals surface area contributed by atoms with Crippen molar-refractivity contribution in [1.82, 2.24) is 20.2 Å². The van der Waals surface area contributed by atoms with E-state index in [4.69, 9.17) is 4.42 Å². The Bertz CT molecular complexity index is 954. The number of nitrogens with zero attached hydrogens (tertiary/aromatic N) is 4. The molecule has 0 spiro atoms. The molecule has 0 aromatic carbocycles. The molecule has 4 rings (SSSR count). The van der Waals surface area contributed by atoms with Gasteiger partial charge in [0.15, 0.2) is 0 Å². The number of rotatable bonds is 5. The minimum Gasteiger partial charge on any atom is -0.410 e. The molecule has 0 unspecified atom stereocenters. The Morgan fingerprint density at radius 1 is 1.17 bits per heavy atom. The Morgan fingerprint density at radius 3 is 2.83 bits per heavy atom. The minimum absolute atomic E-state index is 0.540. The van der Waals surface area contributed by atoms with Crippen molar-refractivity contribution < 1.29 is 4.42 Å². The molecule has 0 N–H and O–H groups in total. The molecule has 9 heteroatoms. The summed E-state index contributed by atoms with van der Waals surface area (Å²) in [6.07, 6.45) is 0. The SMILES string of the molecule is Cc1nc(C)c(-c2nnc(SCc3csc(-c4ccsc4)n3)o2)s1. The highest BCUT2D eigenvalue weighted by Crippen LogP contribution is 2.32. The van der Waals surface area contributed by atoms with Gasteiger partial charge in [-0.2, -0.15) is 11.3 Å². The average molecular weight is 393 g/mol. The van der Waals surface area contributed by atoms with Gasteiger partial charge in [0.25, 0.3) is 11.1 Å². The fourth-order valence-electron chi connectivity index (χ4n) is 2.12. The Kier molecular flexibility index (Phi) is 4.49. The fraction of sp³-hybridized carbons (Fsp3) is 0.200. The zero-order valence-corrected chi connectivity index (χ0v) is 16.1. The largest absolute Gasteiger partial charge is 0.410 e. The first-order chi connectivity index (χ1) is 11.7. The molecule has 0 amide bonds. The number of thiazole rings is 2. The molecule has 4 heterocycles. The van der Waals surface area contributed by atoms with Crippen LogP contribution in [0.3, 0.4) is 0 Å². The van der Waals surface area contributed by atoms with Crippen LogP contribution in [0.25, 0.3) is 21.3 Å². The number of thioether (sulfide) groups is 1. The Morgan fingerprint density at radius 2 is 2.08 bits per heavy atom. The van der Waals surface area contributed by atoms with Crippen LogP contribution >= 0.6 is 45.8 Å². The van der Waals surface area contributed by atoms with Crippen LogP contribution < -0.4 is 0 Å². The molecule has 0 aliphatic carbocycles. The van der Waals surface area contributed by atoms with Crippen LogP contribution in [0.15, 0.2) is 31.8 Å². The van der Waals surface area contributed by atoms with Crippen LogP contribution in [0.5, 0.6) is 0 Å². The highest BCUT2D eigenvalue weighted by Gasteiger charge is 2.15. The van der Waals surface area contributed by atoms with Crippen LogP contribution in [0.4, 0.5) is 0 Å². The highest BCUT2D eigenvalue weighted by atomic mass is 32.2. The second kappa shape index (κ2) is 6.75. The van der Waals surface area contributed by atoms with Crippen LogP contribution in [0.2, 0.25) is 0 Å². The molecule has 0 aliphatic heterocycles. The molecule has 0 saturated carbocycles. The second-order valence-electron chi connectivity index (χ2n) is 4.97. The molecule has 4 aromatic rings. The van der Waals surface area contributed by atoms with Gasteiger partial charge in [0, 0.05) is 22.1 Å². The average Bonchev–Trinajstić information content (AvgIpc) is 3.33. The highest BCUT2D eigenvalue weighted by molar-refractivity contribution is 7.98. The van der Waals surface area contributed by atoms with Crippen molar-refractivity contribution in [2.75, 3.05) is 0 Å². The standard InChI is InChI=1S/C15H12N4OS4/c1-8-12(24-9(2)16-8)13-18-19-15(20-13)23-7-11-6-22-14(17-11)10-3-4-21-5-10/h3-6H,7H2,1-2H3. The van der Waals surface area contributed by atoms with Gasteiger partial charge in [0.1, 0.15) is 9.88 Å². The molecule has 24 heavy (non-hydrogen) atoms. The van der Waals surface area contributed by atoms with Gasteiger partial charge in [-0.15, -0.1) is 32.9 Å². The molecular weight excluding hydrogens is 380 g/mol. The fourth-order valence-corrected chi connectivity index (χ4v) is 5.25. The van der Waals surface area contributed by atoms with Gasteiger partial charge in [-0.05, 0) is 25.3 Å². The van der Waals surface area contributed by atoms with E-state index in [0.29, 0.717) is 16.9 Å². The van der Waals surface area contributed by atoms with E-state index >= 15 is 0 Å². The summed E-state index contributed by atoms with van der Waals surface area (Å²) >= 11 is 6.41. The van der Waals surface area contributed by atoms with Gasteiger partial charge in [-0.1, -0.05) is 11.8 Å². The number of hydrogen-bond acceptors (Lipinski definition) is 9. The van der Waals surface area contributed by atoms with Crippen molar-refractivity contribution in [3.05, 3.63) is 38.6 Å². The Balaban J connectivity index is 1.44. The zero-order chi connectivity index (χ0) is 16.5. The normalized spacial score (nSPS) is 11.2. The monoisotopic (exact) mass is 392 g/mol. The van der Waals surface area contributed by atoms with E-state index in [0.717, 1.165) is 26.3 Å². The van der Waals surface area contributed by atoms with E-state index in [1.165, 1.54) is 17.3 Å². The number of thiophene rings is 1. The lowest BCUT2D eigenvalue weighted by atomic mass is 10.4. The third kappa shape index (κ3) is 3.30. The Hall–Kier alpha value is -1.55. The molecule has 4 aromatic heterocycles. The molecule has 0 atom stereocenters. The number of aromatic nitrogens is 4. The van der Waals surface area contributed by atoms with E-state index in [9.17, 15) is 0 Å². The predicted octanol–water partition coefficient (Wildman–Crippen LogP) is 5.29. The summed E-state index contributed by atoms with van der Waals surface area (Å²) < 4.78 is 5.75. The number of hydrogen-bond donors (Lipinski definition) is 0. The third-order valence-corrected chi connectivity index (χ3v) is 6.70. The lowest BCUT2D eigenvalue weighted by molar-refractivity contribution is 0.466. The summed E-state index contributed by atoms with van der Waals surface area (Å²) in [5.74, 6) is 1.25. The number of aryl methyl sites for hydroxylation is 2. The minimum atomic E-state index is 0.540. The summed E-state index contributed by atoms with van der Waals surface area (Å²) in [6, 6.07) is 2.09. The molecule has 0 bridgehead atoms. The molecule has 0 saturated heterocycles. The maximum absolute atomic E-state index is 5.75. The summed E-state index contributed by atoms with van der Waals surface area (Å²) in [4.78, 5) is 9.99. The van der Waals surface area contributed by atoms with Crippen molar-refractivity contribution >= 4 is 45.8 Å². The lowest BCUT2D eigenvalue weighted by Gasteiger charge is -1.93. The van der Waals surface area contributed by atoms with Gasteiger partial charge in [-0.25, -0.2) is 9.97 Å². The maximum Gasteiger partial charge on any atom is 0.277 e. The lowest BCUT2D eigenvalue weighted by Crippen LogP contribution is -1.81. The van der Waals surface area contributed by atoms with Crippen molar-refractivity contribution in [2.45, 2.75) is 24.8 Å². The molecule has 122 valence electrons. The quantitative estimate of drug-likeness (QED) is 0.430. The first kappa shape index (κ1) is 15.9. The van der Waals surface area contributed by atoms with E-state index in [1.54, 1.807) is 34.0 Å². The summed E-state index contributed by atoms with van der Waals surface area (Å²) in [6.45, 7) is 3.93. The van der Waals surface area contributed by atoms with E-state index < -0.39 is 0 Å². The first-order valence-corrected chi connectivity index (χ1v) is 10.7. The van der Waals surface area contributed by atoms with Crippen LogP contribution in [-0.4, -0.2) is 20.2 Å². The molecule has 5 nitrogen and oxygen atoms in total. The third-order valence-electron chi connectivity index (χ3n) is 3.17.